The Morgan fingerprint density at radius 2 is 2.04 bits per heavy atom. The molecule has 1 fully saturated rings. The van der Waals surface area contributed by atoms with Gasteiger partial charge in [-0.2, -0.15) is 5.10 Å². The van der Waals surface area contributed by atoms with Crippen molar-refractivity contribution < 1.29 is 9.32 Å². The summed E-state index contributed by atoms with van der Waals surface area (Å²) in [5.41, 5.74) is 1.24. The molecule has 0 saturated carbocycles. The van der Waals surface area contributed by atoms with Crippen molar-refractivity contribution in [1.29, 1.82) is 0 Å². The molecule has 0 spiro atoms. The van der Waals surface area contributed by atoms with Crippen LogP contribution >= 0.6 is 0 Å². The summed E-state index contributed by atoms with van der Waals surface area (Å²) in [4.78, 5) is 25.8. The van der Waals surface area contributed by atoms with Crippen LogP contribution in [0.5, 0.6) is 0 Å². The van der Waals surface area contributed by atoms with Gasteiger partial charge in [-0.25, -0.2) is 4.68 Å². The highest BCUT2D eigenvalue weighted by Crippen LogP contribution is 2.21. The van der Waals surface area contributed by atoms with Crippen molar-refractivity contribution in [3.63, 3.8) is 0 Å². The molecular weight excluding hydrogens is 308 g/mol. The van der Waals surface area contributed by atoms with Gasteiger partial charge < -0.3 is 9.42 Å². The van der Waals surface area contributed by atoms with Gasteiger partial charge in [-0.1, -0.05) is 17.3 Å². The Kier molecular flexibility index (Phi) is 3.60. The number of benzene rings is 1. The van der Waals surface area contributed by atoms with Crippen LogP contribution in [-0.2, 0) is 17.8 Å². The summed E-state index contributed by atoms with van der Waals surface area (Å²) in [7, 11) is 0. The van der Waals surface area contributed by atoms with Crippen LogP contribution in [-0.4, -0.2) is 38.8 Å². The molecule has 1 saturated heterocycles. The van der Waals surface area contributed by atoms with E-state index in [0.717, 1.165) is 5.39 Å². The molecule has 1 aliphatic rings. The van der Waals surface area contributed by atoms with E-state index in [0.29, 0.717) is 30.9 Å². The normalized spacial score (nSPS) is 14.8. The van der Waals surface area contributed by atoms with E-state index in [4.69, 9.17) is 4.52 Å². The van der Waals surface area contributed by atoms with Crippen molar-refractivity contribution in [3.8, 4) is 0 Å². The number of para-hydroxylation sites is 1. The molecule has 0 unspecified atom stereocenters. The summed E-state index contributed by atoms with van der Waals surface area (Å²) in [6.07, 6.45) is 1.83. The molecule has 3 heterocycles. The quantitative estimate of drug-likeness (QED) is 0.717. The van der Waals surface area contributed by atoms with Crippen molar-refractivity contribution in [2.75, 3.05) is 13.1 Å². The minimum absolute atomic E-state index is 0.0265. The predicted molar refractivity (Wildman–Crippen MR) is 86.3 cm³/mol. The maximum Gasteiger partial charge on any atom is 0.266 e. The van der Waals surface area contributed by atoms with Crippen molar-refractivity contribution in [2.24, 2.45) is 5.92 Å². The van der Waals surface area contributed by atoms with E-state index < -0.39 is 0 Å². The Hall–Kier alpha value is -2.96. The summed E-state index contributed by atoms with van der Waals surface area (Å²) in [5.74, 6) is 0.286. The first-order chi connectivity index (χ1) is 11.7. The second kappa shape index (κ2) is 5.92. The fourth-order valence-electron chi connectivity index (χ4n) is 2.98. The maximum atomic E-state index is 12.4. The van der Waals surface area contributed by atoms with Crippen LogP contribution < -0.4 is 5.56 Å². The number of carbonyl (C=O) groups excluding carboxylic acids is 1. The number of nitrogens with zero attached hydrogens (tertiary/aromatic N) is 4. The predicted octanol–water partition coefficient (Wildman–Crippen LogP) is 1.09. The zero-order valence-electron chi connectivity index (χ0n) is 13.0. The number of likely N-dealkylation sites (tertiary alicyclic amines) is 1. The number of hydrogen-bond acceptors (Lipinski definition) is 5. The maximum absolute atomic E-state index is 12.4. The lowest BCUT2D eigenvalue weighted by molar-refractivity contribution is -0.137. The van der Waals surface area contributed by atoms with Gasteiger partial charge in [0.05, 0.1) is 13.0 Å². The van der Waals surface area contributed by atoms with Gasteiger partial charge in [0.25, 0.3) is 5.56 Å². The molecule has 1 aromatic carbocycles. The van der Waals surface area contributed by atoms with Crippen LogP contribution in [0.4, 0.5) is 0 Å². The SMILES string of the molecule is O=C(Cc1noc2ccccc12)N1CC(Cn2ncccc2=O)C1. The third-order valence-corrected chi connectivity index (χ3v) is 4.30. The first kappa shape index (κ1) is 14.6. The number of rotatable bonds is 4. The van der Waals surface area contributed by atoms with Gasteiger partial charge in [-0.15, -0.1) is 0 Å². The highest BCUT2D eigenvalue weighted by atomic mass is 16.5. The Morgan fingerprint density at radius 1 is 1.21 bits per heavy atom. The Bertz CT molecular complexity index is 940. The van der Waals surface area contributed by atoms with Crippen LogP contribution in [0.3, 0.4) is 0 Å². The minimum Gasteiger partial charge on any atom is -0.356 e. The third-order valence-electron chi connectivity index (χ3n) is 4.30. The van der Waals surface area contributed by atoms with Gasteiger partial charge in [0.15, 0.2) is 5.58 Å². The van der Waals surface area contributed by atoms with Crippen molar-refractivity contribution in [1.82, 2.24) is 19.8 Å². The standard InChI is InChI=1S/C17H16N4O3/c22-16-6-3-7-18-21(16)11-12-9-20(10-12)17(23)8-14-13-4-1-2-5-15(13)24-19-14/h1-7,12H,8-11H2. The van der Waals surface area contributed by atoms with Gasteiger partial charge in [0.2, 0.25) is 5.91 Å². The molecule has 2 aromatic heterocycles. The molecule has 122 valence electrons. The van der Waals surface area contributed by atoms with Crippen LogP contribution in [0.15, 0.2) is 51.9 Å². The van der Waals surface area contributed by atoms with E-state index in [-0.39, 0.29) is 23.8 Å². The lowest BCUT2D eigenvalue weighted by atomic mass is 9.99. The van der Waals surface area contributed by atoms with E-state index in [1.807, 2.05) is 24.3 Å². The second-order valence-corrected chi connectivity index (χ2v) is 6.01. The Labute approximate surface area is 137 Å². The van der Waals surface area contributed by atoms with Crippen LogP contribution in [0, 0.1) is 5.92 Å². The van der Waals surface area contributed by atoms with Gasteiger partial charge in [-0.05, 0) is 18.2 Å². The molecule has 0 bridgehead atoms. The molecule has 1 aliphatic heterocycles. The highest BCUT2D eigenvalue weighted by molar-refractivity contribution is 5.86. The number of carbonyl (C=O) groups is 1. The molecule has 4 rings (SSSR count). The van der Waals surface area contributed by atoms with E-state index in [9.17, 15) is 9.59 Å². The topological polar surface area (TPSA) is 81.2 Å². The van der Waals surface area contributed by atoms with Gasteiger partial charge in [-0.3, -0.25) is 9.59 Å². The van der Waals surface area contributed by atoms with Crippen molar-refractivity contribution >= 4 is 16.9 Å². The number of amides is 1. The summed E-state index contributed by atoms with van der Waals surface area (Å²) in [6, 6.07) is 10.6. The largest absolute Gasteiger partial charge is 0.356 e. The lowest BCUT2D eigenvalue weighted by Crippen LogP contribution is -2.52. The van der Waals surface area contributed by atoms with Crippen molar-refractivity contribution in [3.05, 3.63) is 58.6 Å². The molecule has 3 aromatic rings. The van der Waals surface area contributed by atoms with Crippen LogP contribution in [0.1, 0.15) is 5.69 Å². The summed E-state index contributed by atoms with van der Waals surface area (Å²) < 4.78 is 6.67. The number of fused-ring (bicyclic) bond motifs is 1. The Morgan fingerprint density at radius 3 is 2.88 bits per heavy atom. The van der Waals surface area contributed by atoms with Crippen LogP contribution in [0.25, 0.3) is 11.0 Å². The lowest BCUT2D eigenvalue weighted by Gasteiger charge is -2.39. The fraction of sp³-hybridized carbons (Fsp3) is 0.294. The molecule has 0 aliphatic carbocycles. The minimum atomic E-state index is -0.114. The van der Waals surface area contributed by atoms with E-state index in [2.05, 4.69) is 10.3 Å². The van der Waals surface area contributed by atoms with Crippen molar-refractivity contribution in [2.45, 2.75) is 13.0 Å². The fourth-order valence-corrected chi connectivity index (χ4v) is 2.98. The summed E-state index contributed by atoms with van der Waals surface area (Å²) in [5, 5.41) is 8.92. The molecule has 0 radical (unpaired) electrons. The number of hydrogen-bond donors (Lipinski definition) is 0. The summed E-state index contributed by atoms with van der Waals surface area (Å²) >= 11 is 0. The molecule has 7 heteroatoms. The highest BCUT2D eigenvalue weighted by Gasteiger charge is 2.31. The summed E-state index contributed by atoms with van der Waals surface area (Å²) in [6.45, 7) is 1.81. The molecule has 1 amide bonds. The number of aromatic nitrogens is 3. The van der Waals surface area contributed by atoms with E-state index in [1.165, 1.54) is 10.7 Å². The van der Waals surface area contributed by atoms with Gasteiger partial charge in [0.1, 0.15) is 5.69 Å². The second-order valence-electron chi connectivity index (χ2n) is 6.01. The zero-order valence-corrected chi connectivity index (χ0v) is 13.0. The first-order valence-corrected chi connectivity index (χ1v) is 7.84. The monoisotopic (exact) mass is 324 g/mol. The third kappa shape index (κ3) is 2.68. The van der Waals surface area contributed by atoms with E-state index >= 15 is 0 Å². The van der Waals surface area contributed by atoms with Gasteiger partial charge >= 0.3 is 0 Å². The molecule has 7 nitrogen and oxygen atoms in total. The first-order valence-electron chi connectivity index (χ1n) is 7.84. The van der Waals surface area contributed by atoms with Crippen LogP contribution in [0.2, 0.25) is 0 Å². The smallest absolute Gasteiger partial charge is 0.266 e. The Balaban J connectivity index is 1.36. The average molecular weight is 324 g/mol. The molecule has 0 N–H and O–H groups in total. The average Bonchev–Trinajstić information content (AvgIpc) is 2.95. The molecular formula is C17H16N4O3. The molecule has 0 atom stereocenters. The molecule has 24 heavy (non-hydrogen) atoms. The zero-order chi connectivity index (χ0) is 16.5. The van der Waals surface area contributed by atoms with Gasteiger partial charge in [0, 0.05) is 36.7 Å². The van der Waals surface area contributed by atoms with E-state index in [1.54, 1.807) is 17.2 Å².